The highest BCUT2D eigenvalue weighted by atomic mass is 16.5. The Morgan fingerprint density at radius 3 is 2.33 bits per heavy atom. The minimum absolute atomic E-state index is 0.0172. The number of rotatable bonds is 10. The molecule has 3 aromatic carbocycles. The number of hydrogen-bond donors (Lipinski definition) is 1. The van der Waals surface area contributed by atoms with Gasteiger partial charge in [-0.1, -0.05) is 55.5 Å². The first-order valence-corrected chi connectivity index (χ1v) is 11.3. The van der Waals surface area contributed by atoms with Gasteiger partial charge in [-0.2, -0.15) is 0 Å². The Bertz CT molecular complexity index is 1070. The summed E-state index contributed by atoms with van der Waals surface area (Å²) in [6.07, 6.45) is 0.495. The van der Waals surface area contributed by atoms with Crippen molar-refractivity contribution in [2.75, 3.05) is 13.7 Å². The fourth-order valence-electron chi connectivity index (χ4n) is 3.77. The summed E-state index contributed by atoms with van der Waals surface area (Å²) >= 11 is 0. The molecule has 0 aliphatic carbocycles. The van der Waals surface area contributed by atoms with Crippen LogP contribution in [0.1, 0.15) is 32.8 Å². The van der Waals surface area contributed by atoms with Crippen molar-refractivity contribution >= 4 is 22.6 Å². The first-order valence-electron chi connectivity index (χ1n) is 11.3. The van der Waals surface area contributed by atoms with Crippen molar-refractivity contribution in [2.24, 2.45) is 0 Å². The van der Waals surface area contributed by atoms with E-state index >= 15 is 0 Å². The van der Waals surface area contributed by atoms with Gasteiger partial charge in [0.15, 0.2) is 6.61 Å². The zero-order valence-corrected chi connectivity index (χ0v) is 19.7. The van der Waals surface area contributed by atoms with Gasteiger partial charge in [0, 0.05) is 18.0 Å². The Balaban J connectivity index is 1.82. The van der Waals surface area contributed by atoms with E-state index in [1.54, 1.807) is 12.0 Å². The topological polar surface area (TPSA) is 67.9 Å². The van der Waals surface area contributed by atoms with Gasteiger partial charge < -0.3 is 19.7 Å². The highest BCUT2D eigenvalue weighted by Gasteiger charge is 2.29. The van der Waals surface area contributed by atoms with Crippen LogP contribution in [0.15, 0.2) is 66.7 Å². The van der Waals surface area contributed by atoms with Gasteiger partial charge in [0.1, 0.15) is 17.5 Å². The van der Waals surface area contributed by atoms with Crippen LogP contribution in [-0.2, 0) is 16.1 Å². The van der Waals surface area contributed by atoms with E-state index in [-0.39, 0.29) is 24.5 Å². The summed E-state index contributed by atoms with van der Waals surface area (Å²) < 4.78 is 11.2. The molecule has 0 aliphatic heterocycles. The molecule has 0 bridgehead atoms. The molecule has 0 radical (unpaired) electrons. The number of hydrogen-bond acceptors (Lipinski definition) is 4. The standard InChI is InChI=1S/C27H32N2O4/c1-5-24(27(31)28-19(2)3)29(17-20-13-15-22(32-4)16-14-20)26(30)18-33-25-12-8-10-21-9-6-7-11-23(21)25/h6-16,19,24H,5,17-18H2,1-4H3,(H,28,31). The molecule has 3 aromatic rings. The van der Waals surface area contributed by atoms with Crippen molar-refractivity contribution in [3.8, 4) is 11.5 Å². The molecule has 0 spiro atoms. The molecule has 0 aromatic heterocycles. The average Bonchev–Trinajstić information content (AvgIpc) is 2.82. The second-order valence-electron chi connectivity index (χ2n) is 8.22. The lowest BCUT2D eigenvalue weighted by Crippen LogP contribution is -2.51. The number of nitrogens with zero attached hydrogens (tertiary/aromatic N) is 1. The van der Waals surface area contributed by atoms with Crippen LogP contribution in [0.25, 0.3) is 10.8 Å². The average molecular weight is 449 g/mol. The van der Waals surface area contributed by atoms with Crippen LogP contribution in [-0.4, -0.2) is 42.5 Å². The molecule has 1 atom stereocenters. The number of nitrogens with one attached hydrogen (secondary N) is 1. The van der Waals surface area contributed by atoms with Crippen molar-refractivity contribution in [1.82, 2.24) is 10.2 Å². The van der Waals surface area contributed by atoms with Crippen LogP contribution in [0, 0.1) is 0 Å². The Labute approximate surface area is 195 Å². The second kappa shape index (κ2) is 11.4. The molecular weight excluding hydrogens is 416 g/mol. The molecule has 0 heterocycles. The van der Waals surface area contributed by atoms with Crippen molar-refractivity contribution < 1.29 is 19.1 Å². The van der Waals surface area contributed by atoms with Crippen molar-refractivity contribution in [3.63, 3.8) is 0 Å². The van der Waals surface area contributed by atoms with E-state index in [0.717, 1.165) is 22.1 Å². The number of fused-ring (bicyclic) bond motifs is 1. The number of methoxy groups -OCH3 is 1. The summed E-state index contributed by atoms with van der Waals surface area (Å²) in [5.74, 6) is 0.968. The van der Waals surface area contributed by atoms with Crippen molar-refractivity contribution in [1.29, 1.82) is 0 Å². The highest BCUT2D eigenvalue weighted by Crippen LogP contribution is 2.25. The van der Waals surface area contributed by atoms with Gasteiger partial charge in [-0.25, -0.2) is 0 Å². The lowest BCUT2D eigenvalue weighted by molar-refractivity contribution is -0.143. The molecule has 33 heavy (non-hydrogen) atoms. The predicted octanol–water partition coefficient (Wildman–Crippen LogP) is 4.56. The van der Waals surface area contributed by atoms with Crippen LogP contribution in [0.5, 0.6) is 11.5 Å². The Morgan fingerprint density at radius 1 is 0.970 bits per heavy atom. The molecule has 1 N–H and O–H groups in total. The molecular formula is C27H32N2O4. The van der Waals surface area contributed by atoms with Gasteiger partial charge in [-0.3, -0.25) is 9.59 Å². The third kappa shape index (κ3) is 6.25. The summed E-state index contributed by atoms with van der Waals surface area (Å²) in [5.41, 5.74) is 0.908. The Hall–Kier alpha value is -3.54. The SMILES string of the molecule is CCC(C(=O)NC(C)C)N(Cc1ccc(OC)cc1)C(=O)COc1cccc2ccccc12. The quantitative estimate of drug-likeness (QED) is 0.494. The molecule has 0 saturated heterocycles. The van der Waals surface area contributed by atoms with E-state index in [4.69, 9.17) is 9.47 Å². The first kappa shape index (κ1) is 24.1. The number of ether oxygens (including phenoxy) is 2. The first-order chi connectivity index (χ1) is 15.9. The number of carbonyl (C=O) groups excluding carboxylic acids is 2. The van der Waals surface area contributed by atoms with Crippen LogP contribution < -0.4 is 14.8 Å². The van der Waals surface area contributed by atoms with Crippen LogP contribution in [0.4, 0.5) is 0 Å². The lowest BCUT2D eigenvalue weighted by Gasteiger charge is -2.31. The number of amides is 2. The zero-order chi connectivity index (χ0) is 23.8. The maximum absolute atomic E-state index is 13.4. The normalized spacial score (nSPS) is 11.8. The molecule has 6 heteroatoms. The van der Waals surface area contributed by atoms with Gasteiger partial charge in [-0.05, 0) is 49.4 Å². The fourth-order valence-corrected chi connectivity index (χ4v) is 3.77. The third-order valence-corrected chi connectivity index (χ3v) is 5.43. The highest BCUT2D eigenvalue weighted by molar-refractivity contribution is 5.90. The van der Waals surface area contributed by atoms with Gasteiger partial charge in [0.2, 0.25) is 5.91 Å². The summed E-state index contributed by atoms with van der Waals surface area (Å²) in [7, 11) is 1.61. The molecule has 1 unspecified atom stereocenters. The zero-order valence-electron chi connectivity index (χ0n) is 19.7. The predicted molar refractivity (Wildman–Crippen MR) is 130 cm³/mol. The van der Waals surface area contributed by atoms with Crippen LogP contribution in [0.2, 0.25) is 0 Å². The molecule has 0 aliphatic rings. The van der Waals surface area contributed by atoms with E-state index < -0.39 is 6.04 Å². The number of carbonyl (C=O) groups is 2. The van der Waals surface area contributed by atoms with E-state index in [1.165, 1.54) is 0 Å². The molecule has 6 nitrogen and oxygen atoms in total. The summed E-state index contributed by atoms with van der Waals surface area (Å²) in [6, 6.07) is 20.5. The second-order valence-corrected chi connectivity index (χ2v) is 8.22. The van der Waals surface area contributed by atoms with Gasteiger partial charge in [0.05, 0.1) is 7.11 Å². The van der Waals surface area contributed by atoms with Gasteiger partial charge in [0.25, 0.3) is 5.91 Å². The summed E-state index contributed by atoms with van der Waals surface area (Å²) in [6.45, 7) is 5.86. The summed E-state index contributed by atoms with van der Waals surface area (Å²) in [5, 5.41) is 4.92. The smallest absolute Gasteiger partial charge is 0.261 e. The van der Waals surface area contributed by atoms with E-state index in [1.807, 2.05) is 87.5 Å². The minimum Gasteiger partial charge on any atom is -0.497 e. The largest absolute Gasteiger partial charge is 0.497 e. The monoisotopic (exact) mass is 448 g/mol. The Morgan fingerprint density at radius 2 is 1.67 bits per heavy atom. The van der Waals surface area contributed by atoms with Gasteiger partial charge >= 0.3 is 0 Å². The lowest BCUT2D eigenvalue weighted by atomic mass is 10.1. The molecule has 0 fully saturated rings. The van der Waals surface area contributed by atoms with Crippen molar-refractivity contribution in [3.05, 3.63) is 72.3 Å². The van der Waals surface area contributed by atoms with Crippen LogP contribution >= 0.6 is 0 Å². The fraction of sp³-hybridized carbons (Fsp3) is 0.333. The maximum Gasteiger partial charge on any atom is 0.261 e. The minimum atomic E-state index is -0.599. The molecule has 3 rings (SSSR count). The summed E-state index contributed by atoms with van der Waals surface area (Å²) in [4.78, 5) is 27.9. The molecule has 0 saturated carbocycles. The molecule has 2 amide bonds. The van der Waals surface area contributed by atoms with Crippen LogP contribution in [0.3, 0.4) is 0 Å². The maximum atomic E-state index is 13.4. The van der Waals surface area contributed by atoms with E-state index in [9.17, 15) is 9.59 Å². The van der Waals surface area contributed by atoms with Crippen molar-refractivity contribution in [2.45, 2.75) is 45.8 Å². The number of benzene rings is 3. The third-order valence-electron chi connectivity index (χ3n) is 5.43. The van der Waals surface area contributed by atoms with E-state index in [0.29, 0.717) is 18.7 Å². The van der Waals surface area contributed by atoms with Gasteiger partial charge in [-0.15, -0.1) is 0 Å². The van der Waals surface area contributed by atoms with E-state index in [2.05, 4.69) is 5.32 Å². The Kier molecular flexibility index (Phi) is 8.30. The molecule has 174 valence electrons.